The monoisotopic (exact) mass is 452 g/mol. The summed E-state index contributed by atoms with van der Waals surface area (Å²) in [5.74, 6) is 0.0260. The number of nitrogens with zero attached hydrogens (tertiary/aromatic N) is 1. The van der Waals surface area contributed by atoms with Gasteiger partial charge in [-0.1, -0.05) is 88.6 Å². The SMILES string of the molecule is CCCCCCCCCCCC(O)N1CCC(CNC(C)=O)(c2ccccc2)CC1.Cl. The molecule has 0 aromatic heterocycles. The Kier molecular flexibility index (Phi) is 14.1. The van der Waals surface area contributed by atoms with Gasteiger partial charge in [0.15, 0.2) is 0 Å². The molecule has 1 aliphatic rings. The van der Waals surface area contributed by atoms with Crippen LogP contribution in [0.15, 0.2) is 30.3 Å². The molecule has 2 rings (SSSR count). The second kappa shape index (κ2) is 15.7. The standard InChI is InChI=1S/C26H44N2O2.ClH/c1-3-4-5-6-7-8-9-10-14-17-25(30)28-20-18-26(19-21-28,22-27-23(2)29)24-15-12-11-13-16-24;/h11-13,15-16,25,30H,3-10,14,17-22H2,1-2H3,(H,27,29);1H. The van der Waals surface area contributed by atoms with Gasteiger partial charge in [0.1, 0.15) is 6.23 Å². The van der Waals surface area contributed by atoms with Crippen molar-refractivity contribution < 1.29 is 9.90 Å². The van der Waals surface area contributed by atoms with E-state index in [1.54, 1.807) is 6.92 Å². The Morgan fingerprint density at radius 2 is 1.55 bits per heavy atom. The fourth-order valence-corrected chi connectivity index (χ4v) is 4.72. The average molecular weight is 453 g/mol. The number of hydrogen-bond donors (Lipinski definition) is 2. The number of benzene rings is 1. The maximum atomic E-state index is 11.5. The Bertz CT molecular complexity index is 588. The highest BCUT2D eigenvalue weighted by Gasteiger charge is 2.37. The Labute approximate surface area is 196 Å². The van der Waals surface area contributed by atoms with Crippen LogP contribution >= 0.6 is 12.4 Å². The minimum Gasteiger partial charge on any atom is -0.378 e. The summed E-state index contributed by atoms with van der Waals surface area (Å²) >= 11 is 0. The normalized spacial score (nSPS) is 17.0. The maximum absolute atomic E-state index is 11.5. The van der Waals surface area contributed by atoms with Crippen molar-refractivity contribution in [3.63, 3.8) is 0 Å². The Morgan fingerprint density at radius 3 is 2.10 bits per heavy atom. The molecule has 1 fully saturated rings. The molecule has 1 aromatic rings. The molecular weight excluding hydrogens is 408 g/mol. The molecule has 1 saturated heterocycles. The van der Waals surface area contributed by atoms with Crippen LogP contribution in [0.3, 0.4) is 0 Å². The second-order valence-electron chi connectivity index (χ2n) is 9.19. The van der Waals surface area contributed by atoms with Crippen LogP contribution in [0.2, 0.25) is 0 Å². The van der Waals surface area contributed by atoms with Crippen molar-refractivity contribution in [2.24, 2.45) is 0 Å². The lowest BCUT2D eigenvalue weighted by Crippen LogP contribution is -2.51. The Morgan fingerprint density at radius 1 is 1.00 bits per heavy atom. The molecule has 1 heterocycles. The van der Waals surface area contributed by atoms with Crippen LogP contribution in [-0.2, 0) is 10.2 Å². The van der Waals surface area contributed by atoms with Crippen LogP contribution < -0.4 is 5.32 Å². The van der Waals surface area contributed by atoms with Gasteiger partial charge in [-0.15, -0.1) is 12.4 Å². The number of halogens is 1. The third-order valence-corrected chi connectivity index (χ3v) is 6.80. The molecular formula is C26H45ClN2O2. The van der Waals surface area contributed by atoms with E-state index in [1.807, 2.05) is 6.07 Å². The van der Waals surface area contributed by atoms with E-state index in [2.05, 4.69) is 41.4 Å². The van der Waals surface area contributed by atoms with E-state index in [-0.39, 0.29) is 30.0 Å². The highest BCUT2D eigenvalue weighted by molar-refractivity contribution is 5.85. The molecule has 0 saturated carbocycles. The van der Waals surface area contributed by atoms with Crippen LogP contribution in [0.5, 0.6) is 0 Å². The highest BCUT2D eigenvalue weighted by Crippen LogP contribution is 2.35. The molecule has 1 unspecified atom stereocenters. The minimum atomic E-state index is -0.330. The van der Waals surface area contributed by atoms with Crippen LogP contribution in [0.4, 0.5) is 0 Å². The lowest BCUT2D eigenvalue weighted by molar-refractivity contribution is -0.119. The second-order valence-corrected chi connectivity index (χ2v) is 9.19. The summed E-state index contributed by atoms with van der Waals surface area (Å²) in [7, 11) is 0. The number of piperidine rings is 1. The van der Waals surface area contributed by atoms with Crippen molar-refractivity contribution in [1.29, 1.82) is 0 Å². The molecule has 0 aliphatic carbocycles. The van der Waals surface area contributed by atoms with Gasteiger partial charge in [0, 0.05) is 32.0 Å². The summed E-state index contributed by atoms with van der Waals surface area (Å²) in [5, 5.41) is 13.7. The fourth-order valence-electron chi connectivity index (χ4n) is 4.72. The summed E-state index contributed by atoms with van der Waals surface area (Å²) in [5.41, 5.74) is 1.27. The van der Waals surface area contributed by atoms with E-state index in [9.17, 15) is 9.90 Å². The number of carbonyl (C=O) groups excluding carboxylic acids is 1. The van der Waals surface area contributed by atoms with Gasteiger partial charge >= 0.3 is 0 Å². The summed E-state index contributed by atoms with van der Waals surface area (Å²) in [6.07, 6.45) is 14.3. The van der Waals surface area contributed by atoms with Crippen molar-refractivity contribution in [2.75, 3.05) is 19.6 Å². The quantitative estimate of drug-likeness (QED) is 0.350. The summed E-state index contributed by atoms with van der Waals surface area (Å²) in [6.45, 7) is 6.29. The average Bonchev–Trinajstić information content (AvgIpc) is 2.77. The van der Waals surface area contributed by atoms with Crippen LogP contribution in [0, 0.1) is 0 Å². The number of amides is 1. The van der Waals surface area contributed by atoms with Crippen molar-refractivity contribution in [3.05, 3.63) is 35.9 Å². The van der Waals surface area contributed by atoms with Crippen molar-refractivity contribution in [2.45, 2.75) is 103 Å². The number of rotatable bonds is 14. The van der Waals surface area contributed by atoms with E-state index >= 15 is 0 Å². The molecule has 178 valence electrons. The van der Waals surface area contributed by atoms with Crippen LogP contribution in [0.25, 0.3) is 0 Å². The van der Waals surface area contributed by atoms with Crippen LogP contribution in [-0.4, -0.2) is 41.8 Å². The lowest BCUT2D eigenvalue weighted by Gasteiger charge is -2.44. The number of carbonyl (C=O) groups is 1. The van der Waals surface area contributed by atoms with Crippen molar-refractivity contribution in [1.82, 2.24) is 10.2 Å². The van der Waals surface area contributed by atoms with E-state index in [0.29, 0.717) is 6.54 Å². The van der Waals surface area contributed by atoms with E-state index in [0.717, 1.165) is 38.8 Å². The predicted octanol–water partition coefficient (Wildman–Crippen LogP) is 5.82. The topological polar surface area (TPSA) is 52.6 Å². The Hall–Kier alpha value is -1.10. The number of unbranched alkanes of at least 4 members (excludes halogenated alkanes) is 8. The van der Waals surface area contributed by atoms with Crippen LogP contribution in [0.1, 0.15) is 96.5 Å². The lowest BCUT2D eigenvalue weighted by atomic mass is 9.72. The molecule has 0 radical (unpaired) electrons. The molecule has 31 heavy (non-hydrogen) atoms. The fraction of sp³-hybridized carbons (Fsp3) is 0.731. The third-order valence-electron chi connectivity index (χ3n) is 6.80. The molecule has 1 atom stereocenters. The summed E-state index contributed by atoms with van der Waals surface area (Å²) in [6, 6.07) is 10.6. The number of hydrogen-bond acceptors (Lipinski definition) is 3. The first-order chi connectivity index (χ1) is 14.6. The molecule has 1 aromatic carbocycles. The first-order valence-electron chi connectivity index (χ1n) is 12.3. The van der Waals surface area contributed by atoms with Gasteiger partial charge in [0.05, 0.1) is 0 Å². The molecule has 2 N–H and O–H groups in total. The maximum Gasteiger partial charge on any atom is 0.216 e. The Balaban J connectivity index is 0.00000480. The first-order valence-corrected chi connectivity index (χ1v) is 12.3. The number of aliphatic hydroxyl groups excluding tert-OH is 1. The predicted molar refractivity (Wildman–Crippen MR) is 133 cm³/mol. The number of nitrogens with one attached hydrogen (secondary N) is 1. The smallest absolute Gasteiger partial charge is 0.216 e. The zero-order valence-corrected chi connectivity index (χ0v) is 20.6. The van der Waals surface area contributed by atoms with E-state index < -0.39 is 0 Å². The molecule has 1 aliphatic heterocycles. The third kappa shape index (κ3) is 9.93. The zero-order chi connectivity index (χ0) is 21.7. The van der Waals surface area contributed by atoms with Gasteiger partial charge in [-0.05, 0) is 31.2 Å². The summed E-state index contributed by atoms with van der Waals surface area (Å²) < 4.78 is 0. The molecule has 5 heteroatoms. The van der Waals surface area contributed by atoms with E-state index in [1.165, 1.54) is 56.9 Å². The van der Waals surface area contributed by atoms with Gasteiger partial charge < -0.3 is 10.4 Å². The zero-order valence-electron chi connectivity index (χ0n) is 19.8. The largest absolute Gasteiger partial charge is 0.378 e. The van der Waals surface area contributed by atoms with Gasteiger partial charge in [-0.2, -0.15) is 0 Å². The first kappa shape index (κ1) is 27.9. The van der Waals surface area contributed by atoms with Gasteiger partial charge in [0.25, 0.3) is 0 Å². The van der Waals surface area contributed by atoms with Crippen molar-refractivity contribution >= 4 is 18.3 Å². The number of likely N-dealkylation sites (tertiary alicyclic amines) is 1. The molecule has 4 nitrogen and oxygen atoms in total. The highest BCUT2D eigenvalue weighted by atomic mass is 35.5. The number of aliphatic hydroxyl groups is 1. The molecule has 1 amide bonds. The minimum absolute atomic E-state index is 0. The van der Waals surface area contributed by atoms with Crippen molar-refractivity contribution in [3.8, 4) is 0 Å². The molecule has 0 bridgehead atoms. The molecule has 0 spiro atoms. The van der Waals surface area contributed by atoms with E-state index in [4.69, 9.17) is 0 Å². The van der Waals surface area contributed by atoms with Gasteiger partial charge in [-0.3, -0.25) is 9.69 Å². The summed E-state index contributed by atoms with van der Waals surface area (Å²) in [4.78, 5) is 13.8. The van der Waals surface area contributed by atoms with Gasteiger partial charge in [-0.25, -0.2) is 0 Å². The van der Waals surface area contributed by atoms with Gasteiger partial charge in [0.2, 0.25) is 5.91 Å².